The van der Waals surface area contributed by atoms with Crippen LogP contribution in [0.15, 0.2) is 18.2 Å². The molecule has 1 atom stereocenters. The van der Waals surface area contributed by atoms with E-state index in [0.717, 1.165) is 36.8 Å². The first-order valence-electron chi connectivity index (χ1n) is 9.28. The molecule has 0 unspecified atom stereocenters. The van der Waals surface area contributed by atoms with Crippen molar-refractivity contribution in [2.45, 2.75) is 58.5 Å². The Labute approximate surface area is 169 Å². The van der Waals surface area contributed by atoms with Crippen LogP contribution in [0.25, 0.3) is 0 Å². The maximum Gasteiger partial charge on any atom is 0.265 e. The van der Waals surface area contributed by atoms with E-state index < -0.39 is 6.10 Å². The topological polar surface area (TPSA) is 62.1 Å². The zero-order chi connectivity index (χ0) is 19.4. The molecule has 1 amide bonds. The zero-order valence-corrected chi connectivity index (χ0v) is 17.2. The van der Waals surface area contributed by atoms with Gasteiger partial charge in [-0.15, -0.1) is 11.3 Å². The second kappa shape index (κ2) is 8.77. The molecule has 1 N–H and O–H groups in total. The van der Waals surface area contributed by atoms with Gasteiger partial charge in [-0.25, -0.2) is 0 Å². The largest absolute Gasteiger partial charge is 0.481 e. The summed E-state index contributed by atoms with van der Waals surface area (Å²) < 4.78 is 5.80. The molecule has 0 radical (unpaired) electrons. The van der Waals surface area contributed by atoms with Gasteiger partial charge < -0.3 is 10.1 Å². The number of carbonyl (C=O) groups excluding carboxylic acids is 1. The third-order valence-corrected chi connectivity index (χ3v) is 6.27. The summed E-state index contributed by atoms with van der Waals surface area (Å²) in [5, 5.41) is 13.8. The molecule has 0 saturated carbocycles. The second-order valence-electron chi connectivity index (χ2n) is 6.89. The Morgan fingerprint density at radius 1 is 1.30 bits per heavy atom. The molecule has 1 aromatic heterocycles. The molecule has 3 rings (SSSR count). The number of aryl methyl sites for hydroxylation is 2. The van der Waals surface area contributed by atoms with E-state index in [4.69, 9.17) is 16.3 Å². The Morgan fingerprint density at radius 3 is 2.74 bits per heavy atom. The number of carbonyl (C=O) groups is 1. The molecule has 4 nitrogen and oxygen atoms in total. The molecule has 0 saturated heterocycles. The van der Waals surface area contributed by atoms with E-state index >= 15 is 0 Å². The summed E-state index contributed by atoms with van der Waals surface area (Å²) in [6.45, 7) is 3.60. The van der Waals surface area contributed by atoms with E-state index in [1.165, 1.54) is 29.1 Å². The highest BCUT2D eigenvalue weighted by Gasteiger charge is 2.23. The lowest BCUT2D eigenvalue weighted by Gasteiger charge is -2.16. The molecule has 6 heteroatoms. The highest BCUT2D eigenvalue weighted by Crippen LogP contribution is 2.36. The number of amides is 1. The van der Waals surface area contributed by atoms with E-state index in [1.54, 1.807) is 25.1 Å². The molecule has 0 spiro atoms. The fourth-order valence-electron chi connectivity index (χ4n) is 3.33. The normalized spacial score (nSPS) is 15.0. The van der Waals surface area contributed by atoms with Crippen LogP contribution in [0, 0.1) is 18.3 Å². The molecule has 1 aliphatic rings. The van der Waals surface area contributed by atoms with E-state index in [0.29, 0.717) is 21.3 Å². The highest BCUT2D eigenvalue weighted by atomic mass is 35.5. The Kier molecular flexibility index (Phi) is 6.41. The summed E-state index contributed by atoms with van der Waals surface area (Å²) >= 11 is 7.50. The van der Waals surface area contributed by atoms with Crippen LogP contribution in [-0.2, 0) is 17.6 Å². The van der Waals surface area contributed by atoms with Gasteiger partial charge in [-0.3, -0.25) is 4.79 Å². The number of rotatable bonds is 4. The smallest absolute Gasteiger partial charge is 0.265 e. The van der Waals surface area contributed by atoms with Crippen LogP contribution < -0.4 is 10.1 Å². The minimum absolute atomic E-state index is 0.255. The number of ether oxygens (including phenoxy) is 1. The van der Waals surface area contributed by atoms with Gasteiger partial charge in [0.05, 0.1) is 5.56 Å². The van der Waals surface area contributed by atoms with Gasteiger partial charge in [-0.1, -0.05) is 24.4 Å². The predicted molar refractivity (Wildman–Crippen MR) is 110 cm³/mol. The minimum atomic E-state index is -0.680. The number of nitrogens with zero attached hydrogens (tertiary/aromatic N) is 1. The molecule has 142 valence electrons. The van der Waals surface area contributed by atoms with Crippen molar-refractivity contribution in [1.29, 1.82) is 5.26 Å². The van der Waals surface area contributed by atoms with Crippen molar-refractivity contribution in [2.75, 3.05) is 5.32 Å². The van der Waals surface area contributed by atoms with E-state index in [9.17, 15) is 10.1 Å². The van der Waals surface area contributed by atoms with Crippen LogP contribution >= 0.6 is 22.9 Å². The maximum atomic E-state index is 12.6. The summed E-state index contributed by atoms with van der Waals surface area (Å²) in [7, 11) is 0. The first kappa shape index (κ1) is 19.7. The number of benzene rings is 1. The second-order valence-corrected chi connectivity index (χ2v) is 8.43. The number of halogens is 1. The Balaban J connectivity index is 1.75. The molecule has 1 aliphatic carbocycles. The quantitative estimate of drug-likeness (QED) is 0.719. The van der Waals surface area contributed by atoms with Crippen molar-refractivity contribution in [3.05, 3.63) is 44.8 Å². The lowest BCUT2D eigenvalue weighted by molar-refractivity contribution is -0.122. The molecule has 0 fully saturated rings. The van der Waals surface area contributed by atoms with Gasteiger partial charge in [0.25, 0.3) is 5.91 Å². The summed E-state index contributed by atoms with van der Waals surface area (Å²) in [6.07, 6.45) is 5.89. The van der Waals surface area contributed by atoms with Crippen molar-refractivity contribution in [3.63, 3.8) is 0 Å². The average molecular weight is 403 g/mol. The maximum absolute atomic E-state index is 12.6. The number of anilines is 1. The number of thiophene rings is 1. The lowest BCUT2D eigenvalue weighted by Crippen LogP contribution is -2.30. The Bertz CT molecular complexity index is 885. The molecule has 0 aliphatic heterocycles. The van der Waals surface area contributed by atoms with Gasteiger partial charge in [-0.05, 0) is 68.9 Å². The van der Waals surface area contributed by atoms with E-state index in [1.807, 2.05) is 6.92 Å². The fraction of sp³-hybridized carbons (Fsp3) is 0.429. The zero-order valence-electron chi connectivity index (χ0n) is 15.6. The van der Waals surface area contributed by atoms with Crippen molar-refractivity contribution in [2.24, 2.45) is 0 Å². The van der Waals surface area contributed by atoms with Gasteiger partial charge in [0.2, 0.25) is 0 Å². The third-order valence-electron chi connectivity index (χ3n) is 4.83. The van der Waals surface area contributed by atoms with Crippen LogP contribution in [-0.4, -0.2) is 12.0 Å². The summed E-state index contributed by atoms with van der Waals surface area (Å²) in [5.41, 5.74) is 2.62. The van der Waals surface area contributed by atoms with Gasteiger partial charge in [0.1, 0.15) is 16.8 Å². The van der Waals surface area contributed by atoms with Gasteiger partial charge in [-0.2, -0.15) is 5.26 Å². The van der Waals surface area contributed by atoms with E-state index in [-0.39, 0.29) is 5.91 Å². The fourth-order valence-corrected chi connectivity index (χ4v) is 4.80. The number of nitrogens with one attached hydrogen (secondary N) is 1. The molecule has 1 heterocycles. The van der Waals surface area contributed by atoms with E-state index in [2.05, 4.69) is 11.4 Å². The first-order chi connectivity index (χ1) is 13.0. The Morgan fingerprint density at radius 2 is 2.04 bits per heavy atom. The van der Waals surface area contributed by atoms with Crippen molar-refractivity contribution in [1.82, 2.24) is 0 Å². The standard InChI is InChI=1S/C21H23ClN2O2S/c1-13-11-15(22)9-10-18(13)26-14(2)20(25)24-21-17(12-23)16-7-5-3-4-6-8-19(16)27-21/h9-11,14H,3-8H2,1-2H3,(H,24,25)/t14-/m0/s1. The SMILES string of the molecule is Cc1cc(Cl)ccc1O[C@@H](C)C(=O)Nc1sc2c(c1C#N)CCCCCC2. The van der Waals surface area contributed by atoms with Gasteiger partial charge in [0, 0.05) is 9.90 Å². The van der Waals surface area contributed by atoms with Crippen LogP contribution in [0.2, 0.25) is 5.02 Å². The average Bonchev–Trinajstić information content (AvgIpc) is 2.92. The molecule has 2 aromatic rings. The van der Waals surface area contributed by atoms with Crippen molar-refractivity contribution in [3.8, 4) is 11.8 Å². The molecule has 1 aromatic carbocycles. The highest BCUT2D eigenvalue weighted by molar-refractivity contribution is 7.16. The summed E-state index contributed by atoms with van der Waals surface area (Å²) in [5.74, 6) is 0.371. The van der Waals surface area contributed by atoms with Crippen molar-refractivity contribution < 1.29 is 9.53 Å². The summed E-state index contributed by atoms with van der Waals surface area (Å²) in [4.78, 5) is 13.9. The number of hydrogen-bond donors (Lipinski definition) is 1. The third kappa shape index (κ3) is 4.63. The number of fused-ring (bicyclic) bond motifs is 1. The lowest BCUT2D eigenvalue weighted by atomic mass is 9.97. The molecule has 0 bridgehead atoms. The van der Waals surface area contributed by atoms with Gasteiger partial charge >= 0.3 is 0 Å². The monoisotopic (exact) mass is 402 g/mol. The minimum Gasteiger partial charge on any atom is -0.481 e. The summed E-state index contributed by atoms with van der Waals surface area (Å²) in [6, 6.07) is 7.60. The van der Waals surface area contributed by atoms with Crippen LogP contribution in [0.5, 0.6) is 5.75 Å². The number of nitriles is 1. The first-order valence-corrected chi connectivity index (χ1v) is 10.5. The predicted octanol–water partition coefficient (Wildman–Crippen LogP) is 5.65. The number of hydrogen-bond acceptors (Lipinski definition) is 4. The van der Waals surface area contributed by atoms with Crippen molar-refractivity contribution >= 4 is 33.8 Å². The van der Waals surface area contributed by atoms with Crippen LogP contribution in [0.3, 0.4) is 0 Å². The molecular formula is C21H23ClN2O2S. The Hall–Kier alpha value is -2.03. The van der Waals surface area contributed by atoms with Gasteiger partial charge in [0.15, 0.2) is 6.10 Å². The molecule has 27 heavy (non-hydrogen) atoms. The van der Waals surface area contributed by atoms with Crippen LogP contribution in [0.4, 0.5) is 5.00 Å². The molecular weight excluding hydrogens is 380 g/mol. The van der Waals surface area contributed by atoms with Crippen LogP contribution in [0.1, 0.15) is 54.2 Å².